The molecule has 1 rings (SSSR count). The zero-order valence-corrected chi connectivity index (χ0v) is 9.19. The van der Waals surface area contributed by atoms with Crippen LogP contribution in [0.25, 0.3) is 0 Å². The summed E-state index contributed by atoms with van der Waals surface area (Å²) in [6.07, 6.45) is 0. The van der Waals surface area contributed by atoms with Gasteiger partial charge in [0.2, 0.25) is 0 Å². The van der Waals surface area contributed by atoms with Crippen LogP contribution in [0.15, 0.2) is 24.3 Å². The molecule has 0 radical (unpaired) electrons. The van der Waals surface area contributed by atoms with Gasteiger partial charge in [-0.05, 0) is 17.7 Å². The number of benzene rings is 1. The summed E-state index contributed by atoms with van der Waals surface area (Å²) < 4.78 is 28.0. The van der Waals surface area contributed by atoms with E-state index in [9.17, 15) is 13.6 Å². The molecule has 0 bridgehead atoms. The third-order valence-corrected chi connectivity index (χ3v) is 2.57. The van der Waals surface area contributed by atoms with Crippen LogP contribution >= 0.6 is 11.6 Å². The molecule has 1 unspecified atom stereocenters. The Labute approximate surface area is 100 Å². The number of hydrogen-bond acceptors (Lipinski definition) is 3. The van der Waals surface area contributed by atoms with Gasteiger partial charge in [-0.3, -0.25) is 0 Å². The Balaban J connectivity index is 3.09. The molecule has 1 aromatic carbocycles. The van der Waals surface area contributed by atoms with Crippen LogP contribution in [0.3, 0.4) is 0 Å². The predicted molar refractivity (Wildman–Crippen MR) is 55.3 cm³/mol. The van der Waals surface area contributed by atoms with E-state index in [0.717, 1.165) is 6.07 Å². The van der Waals surface area contributed by atoms with Crippen LogP contribution in [0.1, 0.15) is 5.56 Å². The fourth-order valence-electron chi connectivity index (χ4n) is 1.20. The van der Waals surface area contributed by atoms with Gasteiger partial charge in [0.15, 0.2) is 4.87 Å². The molecule has 0 aliphatic heterocycles. The third kappa shape index (κ3) is 3.04. The van der Waals surface area contributed by atoms with E-state index < -0.39 is 24.1 Å². The quantitative estimate of drug-likeness (QED) is 0.798. The number of carbonyl (C=O) groups is 1. The monoisotopic (exact) mass is 266 g/mol. The van der Waals surface area contributed by atoms with Crippen molar-refractivity contribution in [1.29, 1.82) is 0 Å². The highest BCUT2D eigenvalue weighted by Crippen LogP contribution is 2.31. The molecule has 17 heavy (non-hydrogen) atoms. The van der Waals surface area contributed by atoms with Gasteiger partial charge in [-0.15, -0.1) is 0 Å². The van der Waals surface area contributed by atoms with Crippen molar-refractivity contribution >= 4 is 17.6 Å². The minimum Gasteiger partial charge on any atom is -0.480 e. The van der Waals surface area contributed by atoms with Gasteiger partial charge < -0.3 is 14.9 Å². The number of ether oxygens (including phenoxy) is 1. The van der Waals surface area contributed by atoms with Crippen molar-refractivity contribution in [1.82, 2.24) is 0 Å². The maximum absolute atomic E-state index is 12.0. The highest BCUT2D eigenvalue weighted by molar-refractivity contribution is 6.33. The first-order valence-corrected chi connectivity index (χ1v) is 4.86. The second-order valence-corrected chi connectivity index (χ2v) is 3.82. The minimum atomic E-state index is -3.02. The van der Waals surface area contributed by atoms with E-state index in [1.165, 1.54) is 18.2 Å². The lowest BCUT2D eigenvalue weighted by molar-refractivity contribution is -0.141. The van der Waals surface area contributed by atoms with Crippen LogP contribution in [-0.4, -0.2) is 29.4 Å². The SMILES string of the molecule is O=C(O)C(Cl)(CO)c1cccc(OC(F)F)c1. The second kappa shape index (κ2) is 5.29. The average molecular weight is 267 g/mol. The van der Waals surface area contributed by atoms with Crippen molar-refractivity contribution in [3.63, 3.8) is 0 Å². The van der Waals surface area contributed by atoms with Crippen molar-refractivity contribution in [2.75, 3.05) is 6.61 Å². The Morgan fingerprint density at radius 3 is 2.65 bits per heavy atom. The molecule has 0 saturated carbocycles. The van der Waals surface area contributed by atoms with E-state index in [1.54, 1.807) is 0 Å². The number of carboxylic acid groups (broad SMARTS) is 1. The van der Waals surface area contributed by atoms with Gasteiger partial charge in [-0.2, -0.15) is 8.78 Å². The van der Waals surface area contributed by atoms with Crippen LogP contribution in [0.2, 0.25) is 0 Å². The number of aliphatic carboxylic acids is 1. The summed E-state index contributed by atoms with van der Waals surface area (Å²) in [4.78, 5) is 8.84. The fourth-order valence-corrected chi connectivity index (χ4v) is 1.32. The molecule has 7 heteroatoms. The highest BCUT2D eigenvalue weighted by Gasteiger charge is 2.38. The standard InChI is InChI=1S/C10H9ClF2O4/c11-10(5-14,8(15)16)6-2-1-3-7(4-6)17-9(12)13/h1-4,9,14H,5H2,(H,15,16). The van der Waals surface area contributed by atoms with Crippen LogP contribution in [-0.2, 0) is 9.67 Å². The van der Waals surface area contributed by atoms with Gasteiger partial charge in [-0.1, -0.05) is 23.7 Å². The number of aliphatic hydroxyl groups is 1. The predicted octanol–water partition coefficient (Wildman–Crippen LogP) is 1.80. The molecule has 0 saturated heterocycles. The van der Waals surface area contributed by atoms with Crippen LogP contribution in [0.4, 0.5) is 8.78 Å². The summed E-state index contributed by atoms with van der Waals surface area (Å²) in [5.41, 5.74) is -0.0349. The largest absolute Gasteiger partial charge is 0.480 e. The van der Waals surface area contributed by atoms with E-state index in [0.29, 0.717) is 0 Å². The molecule has 0 aromatic heterocycles. The normalized spacial score (nSPS) is 14.4. The number of halogens is 3. The zero-order chi connectivity index (χ0) is 13.1. The van der Waals surface area contributed by atoms with Crippen molar-refractivity contribution < 1.29 is 28.5 Å². The molecule has 1 aromatic rings. The van der Waals surface area contributed by atoms with E-state index in [2.05, 4.69) is 4.74 Å². The van der Waals surface area contributed by atoms with E-state index in [1.807, 2.05) is 0 Å². The van der Waals surface area contributed by atoms with Crippen LogP contribution in [0, 0.1) is 0 Å². The lowest BCUT2D eigenvalue weighted by atomic mass is 9.99. The van der Waals surface area contributed by atoms with E-state index in [4.69, 9.17) is 21.8 Å². The highest BCUT2D eigenvalue weighted by atomic mass is 35.5. The average Bonchev–Trinajstić information content (AvgIpc) is 2.27. The van der Waals surface area contributed by atoms with Gasteiger partial charge >= 0.3 is 12.6 Å². The molecule has 0 heterocycles. The smallest absolute Gasteiger partial charge is 0.387 e. The number of rotatable bonds is 5. The number of carboxylic acids is 1. The van der Waals surface area contributed by atoms with Crippen LogP contribution in [0.5, 0.6) is 5.75 Å². The molecule has 0 spiro atoms. The molecule has 1 atom stereocenters. The number of aliphatic hydroxyl groups excluding tert-OH is 1. The van der Waals surface area contributed by atoms with Crippen molar-refractivity contribution in [3.05, 3.63) is 29.8 Å². The maximum Gasteiger partial charge on any atom is 0.387 e. The molecule has 2 N–H and O–H groups in total. The van der Waals surface area contributed by atoms with Gasteiger partial charge in [0, 0.05) is 0 Å². The Bertz CT molecular complexity index is 413. The summed E-state index contributed by atoms with van der Waals surface area (Å²) in [5.74, 6) is -1.70. The summed E-state index contributed by atoms with van der Waals surface area (Å²) in [6, 6.07) is 4.88. The summed E-state index contributed by atoms with van der Waals surface area (Å²) in [5, 5.41) is 17.9. The molecule has 0 aliphatic rings. The second-order valence-electron chi connectivity index (χ2n) is 3.17. The molecule has 94 valence electrons. The topological polar surface area (TPSA) is 66.8 Å². The van der Waals surface area contributed by atoms with Gasteiger partial charge in [0.25, 0.3) is 0 Å². The van der Waals surface area contributed by atoms with Gasteiger partial charge in [0.1, 0.15) is 5.75 Å². The minimum absolute atomic E-state index is 0.0349. The van der Waals surface area contributed by atoms with Crippen molar-refractivity contribution in [3.8, 4) is 5.75 Å². The lowest BCUT2D eigenvalue weighted by Gasteiger charge is -2.20. The molecular formula is C10H9ClF2O4. The fraction of sp³-hybridized carbons (Fsp3) is 0.300. The van der Waals surface area contributed by atoms with Crippen molar-refractivity contribution in [2.24, 2.45) is 0 Å². The Kier molecular flexibility index (Phi) is 4.25. The first-order chi connectivity index (χ1) is 7.90. The lowest BCUT2D eigenvalue weighted by Crippen LogP contribution is -2.33. The first kappa shape index (κ1) is 13.7. The molecule has 0 fully saturated rings. The summed E-state index contributed by atoms with van der Waals surface area (Å²) >= 11 is 5.70. The Morgan fingerprint density at radius 1 is 1.53 bits per heavy atom. The zero-order valence-electron chi connectivity index (χ0n) is 8.44. The Hall–Kier alpha value is -1.40. The van der Waals surface area contributed by atoms with E-state index >= 15 is 0 Å². The van der Waals surface area contributed by atoms with Crippen molar-refractivity contribution in [2.45, 2.75) is 11.5 Å². The van der Waals surface area contributed by atoms with Gasteiger partial charge in [-0.25, -0.2) is 4.79 Å². The molecule has 0 amide bonds. The number of hydrogen-bond donors (Lipinski definition) is 2. The Morgan fingerprint density at radius 2 is 2.18 bits per heavy atom. The first-order valence-electron chi connectivity index (χ1n) is 4.48. The molecular weight excluding hydrogens is 258 g/mol. The summed E-state index contributed by atoms with van der Waals surface area (Å²) in [7, 11) is 0. The summed E-state index contributed by atoms with van der Waals surface area (Å²) in [6.45, 7) is -3.89. The van der Waals surface area contributed by atoms with Gasteiger partial charge in [0.05, 0.1) is 6.61 Å². The molecule has 4 nitrogen and oxygen atoms in total. The maximum atomic E-state index is 12.0. The number of alkyl halides is 3. The molecule has 0 aliphatic carbocycles. The van der Waals surface area contributed by atoms with E-state index in [-0.39, 0.29) is 11.3 Å². The van der Waals surface area contributed by atoms with Crippen LogP contribution < -0.4 is 4.74 Å². The third-order valence-electron chi connectivity index (χ3n) is 2.07.